The van der Waals surface area contributed by atoms with E-state index in [4.69, 9.17) is 27.9 Å². The third kappa shape index (κ3) is 8.08. The first-order chi connectivity index (χ1) is 14.8. The number of nitrogens with zero attached hydrogens (tertiary/aromatic N) is 1. The van der Waals surface area contributed by atoms with Gasteiger partial charge < -0.3 is 15.0 Å². The van der Waals surface area contributed by atoms with Crippen molar-refractivity contribution in [2.75, 3.05) is 6.61 Å². The third-order valence-electron chi connectivity index (χ3n) is 5.05. The lowest BCUT2D eigenvalue weighted by Crippen LogP contribution is -2.49. The zero-order valence-electron chi connectivity index (χ0n) is 18.2. The molecule has 0 aliphatic heterocycles. The van der Waals surface area contributed by atoms with Crippen LogP contribution in [0.2, 0.25) is 10.0 Å². The van der Waals surface area contributed by atoms with Gasteiger partial charge >= 0.3 is 0 Å². The number of halogens is 2. The minimum absolute atomic E-state index is 0.0381. The van der Waals surface area contributed by atoms with Crippen LogP contribution in [0.15, 0.2) is 48.5 Å². The number of amides is 2. The molecule has 0 heterocycles. The second-order valence-corrected chi connectivity index (χ2v) is 8.34. The zero-order valence-corrected chi connectivity index (χ0v) is 19.7. The molecule has 0 bridgehead atoms. The van der Waals surface area contributed by atoms with E-state index in [9.17, 15) is 9.59 Å². The molecule has 0 aliphatic carbocycles. The van der Waals surface area contributed by atoms with Crippen LogP contribution < -0.4 is 10.1 Å². The molecule has 2 atom stereocenters. The number of rotatable bonds is 11. The Kier molecular flexibility index (Phi) is 10.2. The molecule has 0 spiro atoms. The lowest BCUT2D eigenvalue weighted by atomic mass is 10.1. The van der Waals surface area contributed by atoms with Crippen molar-refractivity contribution in [2.45, 2.75) is 58.7 Å². The van der Waals surface area contributed by atoms with Crippen LogP contribution in [0.4, 0.5) is 0 Å². The van der Waals surface area contributed by atoms with E-state index < -0.39 is 6.04 Å². The Morgan fingerprint density at radius 2 is 1.77 bits per heavy atom. The van der Waals surface area contributed by atoms with E-state index in [-0.39, 0.29) is 30.8 Å². The summed E-state index contributed by atoms with van der Waals surface area (Å²) in [5.74, 6) is 0.474. The van der Waals surface area contributed by atoms with E-state index in [2.05, 4.69) is 5.32 Å². The van der Waals surface area contributed by atoms with Gasteiger partial charge in [0, 0.05) is 19.0 Å². The van der Waals surface area contributed by atoms with Crippen LogP contribution in [0, 0.1) is 0 Å². The normalized spacial score (nSPS) is 12.7. The highest BCUT2D eigenvalue weighted by molar-refractivity contribution is 6.42. The summed E-state index contributed by atoms with van der Waals surface area (Å²) in [5.41, 5.74) is 0.812. The van der Waals surface area contributed by atoms with Gasteiger partial charge in [0.15, 0.2) is 0 Å². The van der Waals surface area contributed by atoms with Crippen molar-refractivity contribution >= 4 is 35.0 Å². The van der Waals surface area contributed by atoms with Crippen LogP contribution in [0.5, 0.6) is 5.75 Å². The Balaban J connectivity index is 2.04. The number of benzene rings is 2. The Bertz CT molecular complexity index is 861. The van der Waals surface area contributed by atoms with Crippen LogP contribution in [-0.2, 0) is 16.1 Å². The van der Waals surface area contributed by atoms with Crippen molar-refractivity contribution in [3.63, 3.8) is 0 Å². The van der Waals surface area contributed by atoms with Gasteiger partial charge in [-0.3, -0.25) is 9.59 Å². The zero-order chi connectivity index (χ0) is 22.8. The molecule has 0 saturated carbocycles. The number of hydrogen-bond acceptors (Lipinski definition) is 3. The number of nitrogens with one attached hydrogen (secondary N) is 1. The number of ether oxygens (including phenoxy) is 1. The molecule has 2 amide bonds. The molecule has 168 valence electrons. The molecule has 0 radical (unpaired) electrons. The standard InChI is InChI=1S/C24H30Cl2N2O3/c1-4-17(2)27-24(30)18(3)28(16-19-12-13-21(25)22(26)15-19)23(29)11-8-14-31-20-9-6-5-7-10-20/h5-7,9-10,12-13,15,17-18H,4,8,11,14,16H2,1-3H3,(H,27,30)/t17-,18+/m1/s1. The fourth-order valence-corrected chi connectivity index (χ4v) is 3.28. The first kappa shape index (κ1) is 25.0. The Morgan fingerprint density at radius 1 is 1.06 bits per heavy atom. The molecule has 5 nitrogen and oxygen atoms in total. The summed E-state index contributed by atoms with van der Waals surface area (Å²) >= 11 is 12.1. The maximum absolute atomic E-state index is 13.0. The van der Waals surface area contributed by atoms with E-state index in [1.165, 1.54) is 0 Å². The Morgan fingerprint density at radius 3 is 2.42 bits per heavy atom. The number of para-hydroxylation sites is 1. The van der Waals surface area contributed by atoms with Gasteiger partial charge in [0.2, 0.25) is 11.8 Å². The van der Waals surface area contributed by atoms with Gasteiger partial charge in [-0.2, -0.15) is 0 Å². The first-order valence-corrected chi connectivity index (χ1v) is 11.3. The van der Waals surface area contributed by atoms with Gasteiger partial charge in [-0.1, -0.05) is 54.4 Å². The van der Waals surface area contributed by atoms with Crippen LogP contribution in [0.3, 0.4) is 0 Å². The lowest BCUT2D eigenvalue weighted by molar-refractivity contribution is -0.141. The molecule has 1 N–H and O–H groups in total. The number of carbonyl (C=O) groups is 2. The average Bonchev–Trinajstić information content (AvgIpc) is 2.77. The van der Waals surface area contributed by atoms with Crippen LogP contribution >= 0.6 is 23.2 Å². The van der Waals surface area contributed by atoms with Crippen molar-refractivity contribution in [1.29, 1.82) is 0 Å². The van der Waals surface area contributed by atoms with Crippen LogP contribution in [0.1, 0.15) is 45.6 Å². The maximum Gasteiger partial charge on any atom is 0.242 e. The molecule has 0 saturated heterocycles. The topological polar surface area (TPSA) is 58.6 Å². The molecule has 2 aromatic rings. The minimum Gasteiger partial charge on any atom is -0.494 e. The van der Waals surface area contributed by atoms with E-state index >= 15 is 0 Å². The average molecular weight is 465 g/mol. The highest BCUT2D eigenvalue weighted by Gasteiger charge is 2.26. The van der Waals surface area contributed by atoms with Gasteiger partial charge in [0.25, 0.3) is 0 Å². The van der Waals surface area contributed by atoms with Crippen molar-refractivity contribution in [2.24, 2.45) is 0 Å². The predicted molar refractivity (Wildman–Crippen MR) is 126 cm³/mol. The minimum atomic E-state index is -0.619. The van der Waals surface area contributed by atoms with Crippen LogP contribution in [0.25, 0.3) is 0 Å². The van der Waals surface area contributed by atoms with Crippen molar-refractivity contribution in [3.8, 4) is 5.75 Å². The summed E-state index contributed by atoms with van der Waals surface area (Å²) in [6.45, 7) is 6.37. The third-order valence-corrected chi connectivity index (χ3v) is 5.79. The van der Waals surface area contributed by atoms with E-state index in [0.717, 1.165) is 17.7 Å². The van der Waals surface area contributed by atoms with Gasteiger partial charge in [-0.05, 0) is 56.5 Å². The molecule has 2 rings (SSSR count). The second-order valence-electron chi connectivity index (χ2n) is 7.53. The molecule has 2 aromatic carbocycles. The van der Waals surface area contributed by atoms with Crippen LogP contribution in [-0.4, -0.2) is 35.4 Å². The SMILES string of the molecule is CC[C@@H](C)NC(=O)[C@H](C)N(Cc1ccc(Cl)c(Cl)c1)C(=O)CCCOc1ccccc1. The van der Waals surface area contributed by atoms with Crippen molar-refractivity contribution in [3.05, 3.63) is 64.1 Å². The summed E-state index contributed by atoms with van der Waals surface area (Å²) in [6.07, 6.45) is 1.64. The van der Waals surface area contributed by atoms with Gasteiger partial charge in [0.1, 0.15) is 11.8 Å². The first-order valence-electron chi connectivity index (χ1n) is 10.5. The summed E-state index contributed by atoms with van der Waals surface area (Å²) in [6, 6.07) is 14.1. The van der Waals surface area contributed by atoms with Crippen molar-refractivity contribution in [1.82, 2.24) is 10.2 Å². The molecule has 0 fully saturated rings. The molecule has 0 aromatic heterocycles. The quantitative estimate of drug-likeness (QED) is 0.447. The molecular formula is C24H30Cl2N2O3. The second kappa shape index (κ2) is 12.6. The molecule has 7 heteroatoms. The monoisotopic (exact) mass is 464 g/mol. The summed E-state index contributed by atoms with van der Waals surface area (Å²) in [7, 11) is 0. The largest absolute Gasteiger partial charge is 0.494 e. The van der Waals surface area contributed by atoms with Gasteiger partial charge in [-0.15, -0.1) is 0 Å². The molecule has 31 heavy (non-hydrogen) atoms. The molecule has 0 aliphatic rings. The van der Waals surface area contributed by atoms with Crippen molar-refractivity contribution < 1.29 is 14.3 Å². The van der Waals surface area contributed by atoms with E-state index in [0.29, 0.717) is 23.1 Å². The maximum atomic E-state index is 13.0. The fourth-order valence-electron chi connectivity index (χ4n) is 2.96. The summed E-state index contributed by atoms with van der Waals surface area (Å²) in [5, 5.41) is 3.82. The molecule has 0 unspecified atom stereocenters. The molecular weight excluding hydrogens is 435 g/mol. The van der Waals surface area contributed by atoms with E-state index in [1.54, 1.807) is 24.0 Å². The fraction of sp³-hybridized carbons (Fsp3) is 0.417. The van der Waals surface area contributed by atoms with E-state index in [1.807, 2.05) is 50.2 Å². The van der Waals surface area contributed by atoms with Gasteiger partial charge in [-0.25, -0.2) is 0 Å². The Hall–Kier alpha value is -2.24. The smallest absolute Gasteiger partial charge is 0.242 e. The summed E-state index contributed by atoms with van der Waals surface area (Å²) in [4.78, 5) is 27.3. The van der Waals surface area contributed by atoms with Gasteiger partial charge in [0.05, 0.1) is 16.7 Å². The lowest BCUT2D eigenvalue weighted by Gasteiger charge is -2.30. The summed E-state index contributed by atoms with van der Waals surface area (Å²) < 4.78 is 5.68. The predicted octanol–water partition coefficient (Wildman–Crippen LogP) is 5.48. The number of carbonyl (C=O) groups excluding carboxylic acids is 2. The Labute approximate surface area is 194 Å². The number of hydrogen-bond donors (Lipinski definition) is 1. The highest BCUT2D eigenvalue weighted by Crippen LogP contribution is 2.24. The highest BCUT2D eigenvalue weighted by atomic mass is 35.5.